The first-order valence-corrected chi connectivity index (χ1v) is 7.62. The van der Waals surface area contributed by atoms with Crippen LogP contribution in [0.4, 0.5) is 0 Å². The van der Waals surface area contributed by atoms with E-state index in [0.29, 0.717) is 6.04 Å². The minimum absolute atomic E-state index is 0.0805. The van der Waals surface area contributed by atoms with Crippen molar-refractivity contribution in [3.05, 3.63) is 41.6 Å². The van der Waals surface area contributed by atoms with Gasteiger partial charge in [-0.25, -0.2) is 0 Å². The summed E-state index contributed by atoms with van der Waals surface area (Å²) in [6, 6.07) is 6.97. The fraction of sp³-hybridized carbons (Fsp3) is 0.389. The maximum Gasteiger partial charge on any atom is 0.152 e. The first kappa shape index (κ1) is 14.1. The van der Waals surface area contributed by atoms with E-state index in [9.17, 15) is 4.79 Å². The summed E-state index contributed by atoms with van der Waals surface area (Å²) in [6.45, 7) is 2.78. The number of carbonyl (C=O) groups is 1. The van der Waals surface area contributed by atoms with Crippen LogP contribution in [0.5, 0.6) is 0 Å². The number of rotatable bonds is 4. The number of aromatic amines is 1. The van der Waals surface area contributed by atoms with Crippen LogP contribution in [-0.4, -0.2) is 35.3 Å². The Hall–Kier alpha value is -1.87. The van der Waals surface area contributed by atoms with Crippen molar-refractivity contribution >= 4 is 22.8 Å². The highest BCUT2D eigenvalue weighted by Crippen LogP contribution is 2.25. The lowest BCUT2D eigenvalue weighted by Crippen LogP contribution is -2.26. The number of allylic oxidation sites excluding steroid dienone is 1. The predicted molar refractivity (Wildman–Crippen MR) is 87.4 cm³/mol. The van der Waals surface area contributed by atoms with Crippen molar-refractivity contribution in [1.82, 2.24) is 9.88 Å². The van der Waals surface area contributed by atoms with Gasteiger partial charge in [-0.2, -0.15) is 0 Å². The van der Waals surface area contributed by atoms with E-state index in [1.165, 1.54) is 35.9 Å². The topological polar surface area (TPSA) is 36.1 Å². The van der Waals surface area contributed by atoms with Gasteiger partial charge in [0.2, 0.25) is 0 Å². The summed E-state index contributed by atoms with van der Waals surface area (Å²) in [7, 11) is 2.22. The highest BCUT2D eigenvalue weighted by atomic mass is 16.1. The zero-order valence-electron chi connectivity index (χ0n) is 12.7. The summed E-state index contributed by atoms with van der Waals surface area (Å²) in [5.74, 6) is 0.0805. The van der Waals surface area contributed by atoms with Crippen LogP contribution in [0.15, 0.2) is 30.5 Å². The Kier molecular flexibility index (Phi) is 3.93. The van der Waals surface area contributed by atoms with E-state index in [0.717, 1.165) is 12.0 Å². The SMILES string of the molecule is CC(=O)C=Cc1ccc2[nH]cc(C[C@H]3CCCN3C)c2c1. The number of H-pyrrole nitrogens is 1. The molecule has 0 radical (unpaired) electrons. The van der Waals surface area contributed by atoms with Crippen molar-refractivity contribution in [2.24, 2.45) is 0 Å². The predicted octanol–water partition coefficient (Wildman–Crippen LogP) is 3.41. The van der Waals surface area contributed by atoms with Gasteiger partial charge in [-0.05, 0) is 69.1 Å². The minimum Gasteiger partial charge on any atom is -0.361 e. The molecule has 0 bridgehead atoms. The van der Waals surface area contributed by atoms with Crippen molar-refractivity contribution in [2.75, 3.05) is 13.6 Å². The lowest BCUT2D eigenvalue weighted by molar-refractivity contribution is -0.112. The molecule has 3 rings (SSSR count). The molecule has 1 aromatic carbocycles. The fourth-order valence-corrected chi connectivity index (χ4v) is 3.17. The molecule has 1 atom stereocenters. The highest BCUT2D eigenvalue weighted by Gasteiger charge is 2.22. The number of hydrogen-bond acceptors (Lipinski definition) is 2. The second kappa shape index (κ2) is 5.86. The molecule has 0 amide bonds. The molecule has 0 aliphatic carbocycles. The van der Waals surface area contributed by atoms with E-state index in [-0.39, 0.29) is 5.78 Å². The Bertz CT molecular complexity index is 684. The highest BCUT2D eigenvalue weighted by molar-refractivity contribution is 5.92. The first-order valence-electron chi connectivity index (χ1n) is 7.62. The molecule has 3 nitrogen and oxygen atoms in total. The molecule has 0 unspecified atom stereocenters. The third kappa shape index (κ3) is 3.08. The van der Waals surface area contributed by atoms with Gasteiger partial charge in [0.1, 0.15) is 0 Å². The van der Waals surface area contributed by atoms with Gasteiger partial charge >= 0.3 is 0 Å². The molecule has 110 valence electrons. The van der Waals surface area contributed by atoms with E-state index in [4.69, 9.17) is 0 Å². The smallest absolute Gasteiger partial charge is 0.152 e. The maximum atomic E-state index is 11.1. The molecular weight excluding hydrogens is 260 g/mol. The second-order valence-electron chi connectivity index (χ2n) is 6.04. The molecule has 1 aromatic heterocycles. The third-order valence-electron chi connectivity index (χ3n) is 4.43. The zero-order chi connectivity index (χ0) is 14.8. The van der Waals surface area contributed by atoms with Crippen LogP contribution in [0.25, 0.3) is 17.0 Å². The van der Waals surface area contributed by atoms with Gasteiger partial charge < -0.3 is 9.88 Å². The monoisotopic (exact) mass is 282 g/mol. The number of fused-ring (bicyclic) bond motifs is 1. The standard InChI is InChI=1S/C18H22N2O/c1-13(21)5-6-14-7-8-18-17(10-14)15(12-19-18)11-16-4-3-9-20(16)2/h5-8,10,12,16,19H,3-4,9,11H2,1-2H3/t16-/m1/s1. The number of likely N-dealkylation sites (N-methyl/N-ethyl adjacent to an activating group) is 1. The van der Waals surface area contributed by atoms with Crippen molar-refractivity contribution in [1.29, 1.82) is 0 Å². The number of aromatic nitrogens is 1. The Morgan fingerprint density at radius 3 is 3.05 bits per heavy atom. The van der Waals surface area contributed by atoms with Gasteiger partial charge in [-0.15, -0.1) is 0 Å². The fourth-order valence-electron chi connectivity index (χ4n) is 3.17. The van der Waals surface area contributed by atoms with Crippen LogP contribution >= 0.6 is 0 Å². The van der Waals surface area contributed by atoms with Gasteiger partial charge in [-0.1, -0.05) is 12.1 Å². The van der Waals surface area contributed by atoms with E-state index < -0.39 is 0 Å². The van der Waals surface area contributed by atoms with Crippen molar-refractivity contribution in [2.45, 2.75) is 32.2 Å². The summed E-state index contributed by atoms with van der Waals surface area (Å²) in [5, 5.41) is 1.28. The lowest BCUT2D eigenvalue weighted by atomic mass is 10.0. The van der Waals surface area contributed by atoms with Crippen LogP contribution in [0.1, 0.15) is 30.9 Å². The average Bonchev–Trinajstić information content (AvgIpc) is 3.04. The molecule has 21 heavy (non-hydrogen) atoms. The third-order valence-corrected chi connectivity index (χ3v) is 4.43. The number of hydrogen-bond donors (Lipinski definition) is 1. The molecular formula is C18H22N2O. The molecule has 1 saturated heterocycles. The largest absolute Gasteiger partial charge is 0.361 e. The maximum absolute atomic E-state index is 11.1. The number of carbonyl (C=O) groups excluding carboxylic acids is 1. The van der Waals surface area contributed by atoms with Crippen molar-refractivity contribution < 1.29 is 4.79 Å². The molecule has 3 heteroatoms. The number of benzene rings is 1. The van der Waals surface area contributed by atoms with E-state index in [2.05, 4.69) is 35.3 Å². The second-order valence-corrected chi connectivity index (χ2v) is 6.04. The van der Waals surface area contributed by atoms with E-state index in [1.54, 1.807) is 13.0 Å². The molecule has 2 heterocycles. The lowest BCUT2D eigenvalue weighted by Gasteiger charge is -2.18. The Balaban J connectivity index is 1.88. The van der Waals surface area contributed by atoms with Crippen LogP contribution in [0.2, 0.25) is 0 Å². The molecule has 1 N–H and O–H groups in total. The summed E-state index contributed by atoms with van der Waals surface area (Å²) < 4.78 is 0. The number of likely N-dealkylation sites (tertiary alicyclic amines) is 1. The summed E-state index contributed by atoms with van der Waals surface area (Å²) >= 11 is 0. The Morgan fingerprint density at radius 2 is 2.33 bits per heavy atom. The Morgan fingerprint density at radius 1 is 1.48 bits per heavy atom. The average molecular weight is 282 g/mol. The van der Waals surface area contributed by atoms with Gasteiger partial charge in [0.25, 0.3) is 0 Å². The molecule has 0 spiro atoms. The van der Waals surface area contributed by atoms with Crippen LogP contribution in [0, 0.1) is 0 Å². The summed E-state index contributed by atoms with van der Waals surface area (Å²) in [4.78, 5) is 16.9. The van der Waals surface area contributed by atoms with Crippen molar-refractivity contribution in [3.63, 3.8) is 0 Å². The van der Waals surface area contributed by atoms with Gasteiger partial charge in [0.05, 0.1) is 0 Å². The number of ketones is 1. The van der Waals surface area contributed by atoms with Gasteiger partial charge in [0, 0.05) is 23.1 Å². The molecule has 1 fully saturated rings. The van der Waals surface area contributed by atoms with Gasteiger partial charge in [0.15, 0.2) is 5.78 Å². The van der Waals surface area contributed by atoms with Crippen molar-refractivity contribution in [3.8, 4) is 0 Å². The Labute approximate surface area is 125 Å². The number of nitrogens with one attached hydrogen (secondary N) is 1. The zero-order valence-corrected chi connectivity index (χ0v) is 12.7. The first-order chi connectivity index (χ1) is 10.1. The minimum atomic E-state index is 0.0805. The van der Waals surface area contributed by atoms with E-state index in [1.807, 2.05) is 12.1 Å². The van der Waals surface area contributed by atoms with Gasteiger partial charge in [-0.3, -0.25) is 4.79 Å². The quantitative estimate of drug-likeness (QED) is 0.872. The molecule has 1 aliphatic rings. The van der Waals surface area contributed by atoms with Crippen LogP contribution in [0.3, 0.4) is 0 Å². The van der Waals surface area contributed by atoms with E-state index >= 15 is 0 Å². The van der Waals surface area contributed by atoms with Crippen LogP contribution < -0.4 is 0 Å². The summed E-state index contributed by atoms with van der Waals surface area (Å²) in [6.07, 6.45) is 9.33. The number of nitrogens with zero attached hydrogens (tertiary/aromatic N) is 1. The molecule has 2 aromatic rings. The normalized spacial score (nSPS) is 19.8. The molecule has 0 saturated carbocycles. The molecule has 1 aliphatic heterocycles. The summed E-state index contributed by atoms with van der Waals surface area (Å²) in [5.41, 5.74) is 3.63. The van der Waals surface area contributed by atoms with Crippen LogP contribution in [-0.2, 0) is 11.2 Å².